The van der Waals surface area contributed by atoms with E-state index in [-0.39, 0.29) is 30.2 Å². The molecule has 0 aliphatic carbocycles. The Bertz CT molecular complexity index is 458. The van der Waals surface area contributed by atoms with Gasteiger partial charge in [-0.1, -0.05) is 0 Å². The van der Waals surface area contributed by atoms with Gasteiger partial charge >= 0.3 is 5.63 Å². The third-order valence-corrected chi connectivity index (χ3v) is 1.85. The molecule has 0 spiro atoms. The van der Waals surface area contributed by atoms with Crippen molar-refractivity contribution in [3.8, 4) is 5.75 Å². The van der Waals surface area contributed by atoms with Gasteiger partial charge in [-0.2, -0.15) is 0 Å². The summed E-state index contributed by atoms with van der Waals surface area (Å²) in [5, 5.41) is 0. The van der Waals surface area contributed by atoms with Crippen LogP contribution in [0, 0.1) is 0 Å². The number of carbonyl (C=O) groups excluding carboxylic acids is 2. The standard InChI is InChI=1S/C11H12O5/c1-7(12)3-8(13)4-10-5-9(15-2)6-11(14)16-10/h5-6H,3-4H2,1-2H3. The van der Waals surface area contributed by atoms with E-state index in [2.05, 4.69) is 0 Å². The van der Waals surface area contributed by atoms with Crippen molar-refractivity contribution in [2.75, 3.05) is 7.11 Å². The summed E-state index contributed by atoms with van der Waals surface area (Å²) in [6, 6.07) is 2.64. The third-order valence-electron chi connectivity index (χ3n) is 1.85. The molecule has 0 saturated heterocycles. The van der Waals surface area contributed by atoms with E-state index in [1.165, 1.54) is 26.2 Å². The highest BCUT2D eigenvalue weighted by molar-refractivity contribution is 5.98. The second kappa shape index (κ2) is 5.25. The normalized spacial score (nSPS) is 9.88. The average molecular weight is 224 g/mol. The monoisotopic (exact) mass is 224 g/mol. The summed E-state index contributed by atoms with van der Waals surface area (Å²) < 4.78 is 9.66. The van der Waals surface area contributed by atoms with Crippen LogP contribution in [0.1, 0.15) is 19.1 Å². The first kappa shape index (κ1) is 12.2. The van der Waals surface area contributed by atoms with Crippen molar-refractivity contribution in [2.45, 2.75) is 19.8 Å². The lowest BCUT2D eigenvalue weighted by Crippen LogP contribution is -2.10. The maximum Gasteiger partial charge on any atom is 0.339 e. The Morgan fingerprint density at radius 1 is 1.38 bits per heavy atom. The zero-order chi connectivity index (χ0) is 12.1. The van der Waals surface area contributed by atoms with Crippen LogP contribution >= 0.6 is 0 Å². The number of ketones is 2. The predicted octanol–water partition coefficient (Wildman–Crippen LogP) is 0.739. The zero-order valence-corrected chi connectivity index (χ0v) is 9.11. The quantitative estimate of drug-likeness (QED) is 0.689. The molecule has 0 fully saturated rings. The molecular weight excluding hydrogens is 212 g/mol. The van der Waals surface area contributed by atoms with E-state index in [0.717, 1.165) is 0 Å². The summed E-state index contributed by atoms with van der Waals surface area (Å²) in [5.41, 5.74) is -0.579. The first-order valence-corrected chi connectivity index (χ1v) is 4.70. The van der Waals surface area contributed by atoms with Crippen LogP contribution in [0.3, 0.4) is 0 Å². The van der Waals surface area contributed by atoms with E-state index >= 15 is 0 Å². The van der Waals surface area contributed by atoms with E-state index in [1.807, 2.05) is 0 Å². The molecule has 0 radical (unpaired) electrons. The van der Waals surface area contributed by atoms with Crippen LogP contribution in [0.25, 0.3) is 0 Å². The summed E-state index contributed by atoms with van der Waals surface area (Å²) in [6.07, 6.45) is -0.229. The number of hydrogen-bond acceptors (Lipinski definition) is 5. The van der Waals surface area contributed by atoms with Gasteiger partial charge in [-0.25, -0.2) is 4.79 Å². The molecule has 5 heteroatoms. The molecule has 86 valence electrons. The number of methoxy groups -OCH3 is 1. The Morgan fingerprint density at radius 2 is 2.06 bits per heavy atom. The van der Waals surface area contributed by atoms with E-state index in [4.69, 9.17) is 9.15 Å². The minimum atomic E-state index is -0.579. The van der Waals surface area contributed by atoms with Gasteiger partial charge in [0.05, 0.1) is 26.0 Å². The Kier molecular flexibility index (Phi) is 3.99. The molecule has 5 nitrogen and oxygen atoms in total. The smallest absolute Gasteiger partial charge is 0.339 e. The largest absolute Gasteiger partial charge is 0.496 e. The third kappa shape index (κ3) is 3.68. The van der Waals surface area contributed by atoms with Crippen molar-refractivity contribution in [2.24, 2.45) is 0 Å². The summed E-state index contributed by atoms with van der Waals surface area (Å²) in [4.78, 5) is 33.1. The van der Waals surface area contributed by atoms with Gasteiger partial charge in [-0.3, -0.25) is 9.59 Å². The predicted molar refractivity (Wildman–Crippen MR) is 55.5 cm³/mol. The van der Waals surface area contributed by atoms with Crippen molar-refractivity contribution in [3.05, 3.63) is 28.3 Å². The van der Waals surface area contributed by atoms with Gasteiger partial charge in [-0.05, 0) is 6.92 Å². The van der Waals surface area contributed by atoms with Gasteiger partial charge in [-0.15, -0.1) is 0 Å². The van der Waals surface area contributed by atoms with Crippen LogP contribution < -0.4 is 10.4 Å². The van der Waals surface area contributed by atoms with Gasteiger partial charge in [0.15, 0.2) is 0 Å². The van der Waals surface area contributed by atoms with Crippen molar-refractivity contribution in [1.29, 1.82) is 0 Å². The summed E-state index contributed by atoms with van der Waals surface area (Å²) in [6.45, 7) is 1.33. The van der Waals surface area contributed by atoms with Crippen LogP contribution in [-0.4, -0.2) is 18.7 Å². The maximum atomic E-state index is 11.3. The molecule has 0 aromatic carbocycles. The molecule has 0 unspecified atom stereocenters. The Hall–Kier alpha value is -1.91. The van der Waals surface area contributed by atoms with E-state index in [0.29, 0.717) is 5.75 Å². The second-order valence-corrected chi connectivity index (χ2v) is 3.38. The fraction of sp³-hybridized carbons (Fsp3) is 0.364. The first-order valence-electron chi connectivity index (χ1n) is 4.70. The van der Waals surface area contributed by atoms with E-state index < -0.39 is 5.63 Å². The second-order valence-electron chi connectivity index (χ2n) is 3.38. The lowest BCUT2D eigenvalue weighted by molar-refractivity contribution is -0.125. The Morgan fingerprint density at radius 3 is 2.62 bits per heavy atom. The van der Waals surface area contributed by atoms with Crippen molar-refractivity contribution >= 4 is 11.6 Å². The lowest BCUT2D eigenvalue weighted by atomic mass is 10.1. The van der Waals surface area contributed by atoms with Gasteiger partial charge in [0, 0.05) is 6.07 Å². The fourth-order valence-electron chi connectivity index (χ4n) is 1.24. The number of carbonyl (C=O) groups is 2. The van der Waals surface area contributed by atoms with Crippen LogP contribution in [-0.2, 0) is 16.0 Å². The molecule has 1 aromatic rings. The number of Topliss-reactive ketones (excluding diaryl/α,β-unsaturated/α-hetero) is 2. The molecule has 0 bridgehead atoms. The molecule has 0 N–H and O–H groups in total. The van der Waals surface area contributed by atoms with Gasteiger partial charge in [0.2, 0.25) is 0 Å². The molecule has 16 heavy (non-hydrogen) atoms. The van der Waals surface area contributed by atoms with Crippen molar-refractivity contribution < 1.29 is 18.7 Å². The molecular formula is C11H12O5. The van der Waals surface area contributed by atoms with Crippen molar-refractivity contribution in [1.82, 2.24) is 0 Å². The van der Waals surface area contributed by atoms with Gasteiger partial charge in [0.1, 0.15) is 23.1 Å². The molecule has 0 aliphatic heterocycles. The average Bonchev–Trinajstić information content (AvgIpc) is 2.14. The van der Waals surface area contributed by atoms with Crippen LogP contribution in [0.4, 0.5) is 0 Å². The summed E-state index contributed by atoms with van der Waals surface area (Å²) in [5.74, 6) is 0.0385. The summed E-state index contributed by atoms with van der Waals surface area (Å²) >= 11 is 0. The molecule has 0 aliphatic rings. The molecule has 1 aromatic heterocycles. The van der Waals surface area contributed by atoms with Crippen LogP contribution in [0.15, 0.2) is 21.3 Å². The molecule has 1 rings (SSSR count). The van der Waals surface area contributed by atoms with E-state index in [1.54, 1.807) is 0 Å². The lowest BCUT2D eigenvalue weighted by Gasteiger charge is -2.01. The highest BCUT2D eigenvalue weighted by Gasteiger charge is 2.10. The topological polar surface area (TPSA) is 73.6 Å². The minimum absolute atomic E-state index is 0.0774. The maximum absolute atomic E-state index is 11.3. The molecule has 0 saturated carbocycles. The van der Waals surface area contributed by atoms with E-state index in [9.17, 15) is 14.4 Å². The summed E-state index contributed by atoms with van der Waals surface area (Å²) in [7, 11) is 1.41. The Labute approximate surface area is 92.0 Å². The first-order chi connectivity index (χ1) is 7.51. The minimum Gasteiger partial charge on any atom is -0.496 e. The zero-order valence-electron chi connectivity index (χ0n) is 9.11. The molecule has 0 amide bonds. The molecule has 0 atom stereocenters. The van der Waals surface area contributed by atoms with Gasteiger partial charge < -0.3 is 9.15 Å². The number of ether oxygens (including phenoxy) is 1. The highest BCUT2D eigenvalue weighted by Crippen LogP contribution is 2.10. The SMILES string of the molecule is COc1cc(CC(=O)CC(C)=O)oc(=O)c1. The van der Waals surface area contributed by atoms with Crippen LogP contribution in [0.2, 0.25) is 0 Å². The molecule has 1 heterocycles. The van der Waals surface area contributed by atoms with Gasteiger partial charge in [0.25, 0.3) is 0 Å². The van der Waals surface area contributed by atoms with Crippen LogP contribution in [0.5, 0.6) is 5.75 Å². The fourth-order valence-corrected chi connectivity index (χ4v) is 1.24. The number of hydrogen-bond donors (Lipinski definition) is 0. The Balaban J connectivity index is 2.81. The van der Waals surface area contributed by atoms with Crippen molar-refractivity contribution in [3.63, 3.8) is 0 Å². The highest BCUT2D eigenvalue weighted by atomic mass is 16.5. The number of rotatable bonds is 5.